The fourth-order valence-corrected chi connectivity index (χ4v) is 2.26. The molecule has 1 fully saturated rings. The normalized spacial score (nSPS) is 17.4. The highest BCUT2D eigenvalue weighted by atomic mass is 15.2. The van der Waals surface area contributed by atoms with Gasteiger partial charge in [0, 0.05) is 25.6 Å². The van der Waals surface area contributed by atoms with Gasteiger partial charge in [-0.05, 0) is 24.3 Å². The molecule has 3 nitrogen and oxygen atoms in total. The maximum absolute atomic E-state index is 4.29. The van der Waals surface area contributed by atoms with Gasteiger partial charge in [-0.1, -0.05) is 44.2 Å². The van der Waals surface area contributed by atoms with Crippen LogP contribution in [0.5, 0.6) is 0 Å². The van der Waals surface area contributed by atoms with Crippen LogP contribution in [0.2, 0.25) is 0 Å². The molecule has 1 aliphatic carbocycles. The molecule has 1 aromatic carbocycles. The molecule has 19 heavy (non-hydrogen) atoms. The standard InChI is InChI=1S/C16H25N3/c1-12(2)15(13-7-5-4-6-8-13)11-18-16(17-3)19-14-9-10-14/h4-8,12,14-15H,9-11H2,1-3H3,(H2,17,18,19). The van der Waals surface area contributed by atoms with Crippen LogP contribution in [0.3, 0.4) is 0 Å². The van der Waals surface area contributed by atoms with Crippen LogP contribution in [0.25, 0.3) is 0 Å². The topological polar surface area (TPSA) is 36.4 Å². The molecule has 0 saturated heterocycles. The monoisotopic (exact) mass is 259 g/mol. The Kier molecular flexibility index (Phi) is 4.83. The van der Waals surface area contributed by atoms with Gasteiger partial charge >= 0.3 is 0 Å². The van der Waals surface area contributed by atoms with Gasteiger partial charge in [0.25, 0.3) is 0 Å². The largest absolute Gasteiger partial charge is 0.356 e. The Morgan fingerprint density at radius 3 is 2.47 bits per heavy atom. The van der Waals surface area contributed by atoms with Gasteiger partial charge in [0.1, 0.15) is 0 Å². The first-order chi connectivity index (χ1) is 9.20. The third-order valence-electron chi connectivity index (χ3n) is 3.66. The lowest BCUT2D eigenvalue weighted by atomic mass is 9.88. The van der Waals surface area contributed by atoms with Crippen molar-refractivity contribution in [2.75, 3.05) is 13.6 Å². The van der Waals surface area contributed by atoms with E-state index in [2.05, 4.69) is 59.8 Å². The van der Waals surface area contributed by atoms with E-state index in [0.29, 0.717) is 17.9 Å². The van der Waals surface area contributed by atoms with E-state index in [4.69, 9.17) is 0 Å². The Bertz CT molecular complexity index is 407. The molecule has 1 atom stereocenters. The van der Waals surface area contributed by atoms with Crippen molar-refractivity contribution in [3.63, 3.8) is 0 Å². The van der Waals surface area contributed by atoms with Crippen molar-refractivity contribution in [3.8, 4) is 0 Å². The van der Waals surface area contributed by atoms with Crippen LogP contribution < -0.4 is 10.6 Å². The smallest absolute Gasteiger partial charge is 0.191 e. The Balaban J connectivity index is 1.93. The molecule has 0 radical (unpaired) electrons. The van der Waals surface area contributed by atoms with Gasteiger partial charge < -0.3 is 10.6 Å². The van der Waals surface area contributed by atoms with E-state index >= 15 is 0 Å². The van der Waals surface area contributed by atoms with Crippen molar-refractivity contribution in [3.05, 3.63) is 35.9 Å². The minimum atomic E-state index is 0.513. The van der Waals surface area contributed by atoms with Crippen LogP contribution in [0.4, 0.5) is 0 Å². The maximum Gasteiger partial charge on any atom is 0.191 e. The third-order valence-corrected chi connectivity index (χ3v) is 3.66. The van der Waals surface area contributed by atoms with E-state index < -0.39 is 0 Å². The zero-order chi connectivity index (χ0) is 13.7. The minimum Gasteiger partial charge on any atom is -0.356 e. The van der Waals surface area contributed by atoms with Gasteiger partial charge in [0.2, 0.25) is 0 Å². The van der Waals surface area contributed by atoms with E-state index in [-0.39, 0.29) is 0 Å². The number of nitrogens with one attached hydrogen (secondary N) is 2. The summed E-state index contributed by atoms with van der Waals surface area (Å²) >= 11 is 0. The summed E-state index contributed by atoms with van der Waals surface area (Å²) in [5.74, 6) is 2.05. The molecule has 0 bridgehead atoms. The summed E-state index contributed by atoms with van der Waals surface area (Å²) in [6.45, 7) is 5.47. The second-order valence-corrected chi connectivity index (χ2v) is 5.63. The molecule has 3 heteroatoms. The zero-order valence-corrected chi connectivity index (χ0v) is 12.2. The molecule has 2 rings (SSSR count). The molecular formula is C16H25N3. The molecule has 0 aliphatic heterocycles. The van der Waals surface area contributed by atoms with Crippen LogP contribution >= 0.6 is 0 Å². The fraction of sp³-hybridized carbons (Fsp3) is 0.562. The zero-order valence-electron chi connectivity index (χ0n) is 12.2. The average molecular weight is 259 g/mol. The highest BCUT2D eigenvalue weighted by Gasteiger charge is 2.23. The summed E-state index contributed by atoms with van der Waals surface area (Å²) in [5.41, 5.74) is 1.40. The minimum absolute atomic E-state index is 0.513. The Hall–Kier alpha value is -1.51. The molecule has 1 unspecified atom stereocenters. The lowest BCUT2D eigenvalue weighted by Gasteiger charge is -2.23. The van der Waals surface area contributed by atoms with Gasteiger partial charge in [-0.3, -0.25) is 4.99 Å². The Morgan fingerprint density at radius 1 is 1.26 bits per heavy atom. The van der Waals surface area contributed by atoms with Crippen molar-refractivity contribution in [2.24, 2.45) is 10.9 Å². The quantitative estimate of drug-likeness (QED) is 0.630. The van der Waals surface area contributed by atoms with Gasteiger partial charge in [-0.25, -0.2) is 0 Å². The van der Waals surface area contributed by atoms with E-state index in [1.807, 2.05) is 7.05 Å². The number of hydrogen-bond donors (Lipinski definition) is 2. The van der Waals surface area contributed by atoms with Gasteiger partial charge in [-0.2, -0.15) is 0 Å². The molecule has 2 N–H and O–H groups in total. The second-order valence-electron chi connectivity index (χ2n) is 5.63. The molecule has 1 aliphatic rings. The Labute approximate surface area is 116 Å². The summed E-state index contributed by atoms with van der Waals surface area (Å²) in [6, 6.07) is 11.4. The van der Waals surface area contributed by atoms with Gasteiger partial charge in [0.15, 0.2) is 5.96 Å². The predicted molar refractivity (Wildman–Crippen MR) is 81.5 cm³/mol. The van der Waals surface area contributed by atoms with Crippen molar-refractivity contribution >= 4 is 5.96 Å². The summed E-state index contributed by atoms with van der Waals surface area (Å²) in [7, 11) is 1.84. The molecule has 0 amide bonds. The summed E-state index contributed by atoms with van der Waals surface area (Å²) in [5, 5.41) is 6.88. The molecule has 0 aromatic heterocycles. The van der Waals surface area contributed by atoms with Crippen molar-refractivity contribution in [1.82, 2.24) is 10.6 Å². The molecule has 104 valence electrons. The second kappa shape index (κ2) is 6.60. The van der Waals surface area contributed by atoms with Crippen molar-refractivity contribution in [1.29, 1.82) is 0 Å². The number of benzene rings is 1. The number of guanidine groups is 1. The highest BCUT2D eigenvalue weighted by molar-refractivity contribution is 5.80. The lowest BCUT2D eigenvalue weighted by molar-refractivity contribution is 0.488. The molecule has 1 aromatic rings. The summed E-state index contributed by atoms with van der Waals surface area (Å²) in [6.07, 6.45) is 2.54. The molecule has 1 saturated carbocycles. The summed E-state index contributed by atoms with van der Waals surface area (Å²) in [4.78, 5) is 4.29. The number of nitrogens with zero attached hydrogens (tertiary/aromatic N) is 1. The van der Waals surface area contributed by atoms with Gasteiger partial charge in [-0.15, -0.1) is 0 Å². The van der Waals surface area contributed by atoms with Crippen LogP contribution in [0.15, 0.2) is 35.3 Å². The number of aliphatic imine (C=N–C) groups is 1. The summed E-state index contributed by atoms with van der Waals surface area (Å²) < 4.78 is 0. The van der Waals surface area contributed by atoms with Crippen LogP contribution in [0, 0.1) is 5.92 Å². The maximum atomic E-state index is 4.29. The van der Waals surface area contributed by atoms with Crippen LogP contribution in [-0.2, 0) is 0 Å². The SMILES string of the molecule is CN=C(NCC(c1ccccc1)C(C)C)NC1CC1. The predicted octanol–water partition coefficient (Wildman–Crippen LogP) is 2.75. The lowest BCUT2D eigenvalue weighted by Crippen LogP contribution is -2.41. The van der Waals surface area contributed by atoms with E-state index in [1.165, 1.54) is 18.4 Å². The van der Waals surface area contributed by atoms with Crippen LogP contribution in [-0.4, -0.2) is 25.6 Å². The molecule has 0 heterocycles. The molecular weight excluding hydrogens is 234 g/mol. The first kappa shape index (κ1) is 13.9. The van der Waals surface area contributed by atoms with E-state index in [0.717, 1.165) is 12.5 Å². The van der Waals surface area contributed by atoms with E-state index in [1.54, 1.807) is 0 Å². The molecule has 0 spiro atoms. The van der Waals surface area contributed by atoms with E-state index in [9.17, 15) is 0 Å². The fourth-order valence-electron chi connectivity index (χ4n) is 2.26. The first-order valence-corrected chi connectivity index (χ1v) is 7.23. The average Bonchev–Trinajstić information content (AvgIpc) is 3.22. The number of rotatable bonds is 5. The van der Waals surface area contributed by atoms with Crippen LogP contribution in [0.1, 0.15) is 38.2 Å². The highest BCUT2D eigenvalue weighted by Crippen LogP contribution is 2.23. The van der Waals surface area contributed by atoms with Crippen molar-refractivity contribution in [2.45, 2.75) is 38.6 Å². The van der Waals surface area contributed by atoms with Crippen molar-refractivity contribution < 1.29 is 0 Å². The Morgan fingerprint density at radius 2 is 1.95 bits per heavy atom. The third kappa shape index (κ3) is 4.27. The number of hydrogen-bond acceptors (Lipinski definition) is 1. The van der Waals surface area contributed by atoms with Gasteiger partial charge in [0.05, 0.1) is 0 Å². The first-order valence-electron chi connectivity index (χ1n) is 7.23.